The highest BCUT2D eigenvalue weighted by atomic mass is 19.4. The Kier molecular flexibility index (Phi) is 3.41. The zero-order valence-corrected chi connectivity index (χ0v) is 11.1. The third kappa shape index (κ3) is 2.33. The SMILES string of the molecule is Cc1oc(C)c(C(=O)c2cnccc2C(F)(F)F)c1C. The third-order valence-corrected chi connectivity index (χ3v) is 3.16. The van der Waals surface area contributed by atoms with Gasteiger partial charge in [-0.2, -0.15) is 13.2 Å². The van der Waals surface area contributed by atoms with Gasteiger partial charge in [0.25, 0.3) is 0 Å². The first-order valence-corrected chi connectivity index (χ1v) is 5.86. The van der Waals surface area contributed by atoms with Gasteiger partial charge in [0.2, 0.25) is 0 Å². The zero-order chi connectivity index (χ0) is 15.1. The number of furan rings is 1. The van der Waals surface area contributed by atoms with E-state index in [-0.39, 0.29) is 5.56 Å². The first kappa shape index (κ1) is 14.3. The molecule has 3 nitrogen and oxygen atoms in total. The standard InChI is InChI=1S/C14H12F3NO2/c1-7-8(2)20-9(3)12(7)13(19)10-6-18-5-4-11(10)14(15,16)17/h4-6H,1-3H3. The molecule has 0 aliphatic carbocycles. The Balaban J connectivity index is 2.61. The van der Waals surface area contributed by atoms with E-state index in [4.69, 9.17) is 4.42 Å². The van der Waals surface area contributed by atoms with E-state index in [1.54, 1.807) is 20.8 Å². The van der Waals surface area contributed by atoms with Crippen LogP contribution in [0.2, 0.25) is 0 Å². The molecule has 0 fully saturated rings. The molecule has 0 atom stereocenters. The number of carbonyl (C=O) groups is 1. The Bertz CT molecular complexity index is 672. The lowest BCUT2D eigenvalue weighted by Gasteiger charge is -2.11. The number of pyridine rings is 1. The van der Waals surface area contributed by atoms with Gasteiger partial charge in [0.15, 0.2) is 5.78 Å². The van der Waals surface area contributed by atoms with Gasteiger partial charge < -0.3 is 4.42 Å². The highest BCUT2D eigenvalue weighted by Gasteiger charge is 2.36. The van der Waals surface area contributed by atoms with Crippen molar-refractivity contribution >= 4 is 5.78 Å². The molecular formula is C14H12F3NO2. The molecule has 0 amide bonds. The van der Waals surface area contributed by atoms with Crippen molar-refractivity contribution in [1.82, 2.24) is 4.98 Å². The van der Waals surface area contributed by atoms with Crippen LogP contribution in [0, 0.1) is 20.8 Å². The highest BCUT2D eigenvalue weighted by molar-refractivity contribution is 6.11. The van der Waals surface area contributed by atoms with Crippen molar-refractivity contribution < 1.29 is 22.4 Å². The molecule has 6 heteroatoms. The second-order valence-corrected chi connectivity index (χ2v) is 4.46. The van der Waals surface area contributed by atoms with Crippen molar-refractivity contribution in [2.75, 3.05) is 0 Å². The van der Waals surface area contributed by atoms with Crippen LogP contribution < -0.4 is 0 Å². The fourth-order valence-corrected chi connectivity index (χ4v) is 2.08. The lowest BCUT2D eigenvalue weighted by atomic mass is 9.97. The average Bonchev–Trinajstić information content (AvgIpc) is 2.61. The van der Waals surface area contributed by atoms with Crippen LogP contribution in [0.1, 0.15) is 38.6 Å². The monoisotopic (exact) mass is 283 g/mol. The number of ketones is 1. The zero-order valence-electron chi connectivity index (χ0n) is 11.1. The van der Waals surface area contributed by atoms with E-state index in [0.29, 0.717) is 17.1 Å². The van der Waals surface area contributed by atoms with Gasteiger partial charge in [0.1, 0.15) is 11.5 Å². The summed E-state index contributed by atoms with van der Waals surface area (Å²) in [4.78, 5) is 16.0. The number of nitrogens with zero attached hydrogens (tertiary/aromatic N) is 1. The summed E-state index contributed by atoms with van der Waals surface area (Å²) in [5.74, 6) is 0.0996. The molecule has 0 radical (unpaired) electrons. The molecule has 2 rings (SSSR count). The molecule has 2 aromatic rings. The van der Waals surface area contributed by atoms with Crippen LogP contribution in [-0.4, -0.2) is 10.8 Å². The number of alkyl halides is 3. The van der Waals surface area contributed by atoms with Crippen LogP contribution >= 0.6 is 0 Å². The van der Waals surface area contributed by atoms with Gasteiger partial charge in [-0.3, -0.25) is 9.78 Å². The minimum atomic E-state index is -4.60. The van der Waals surface area contributed by atoms with E-state index in [2.05, 4.69) is 4.98 Å². The summed E-state index contributed by atoms with van der Waals surface area (Å²) in [7, 11) is 0. The number of aromatic nitrogens is 1. The third-order valence-electron chi connectivity index (χ3n) is 3.16. The molecule has 0 N–H and O–H groups in total. The van der Waals surface area contributed by atoms with Gasteiger partial charge in [0.05, 0.1) is 16.7 Å². The molecule has 106 valence electrons. The van der Waals surface area contributed by atoms with Gasteiger partial charge in [-0.1, -0.05) is 0 Å². The Hall–Kier alpha value is -2.11. The molecule has 0 unspecified atom stereocenters. The normalized spacial score (nSPS) is 11.7. The summed E-state index contributed by atoms with van der Waals surface area (Å²) in [6.45, 7) is 4.85. The van der Waals surface area contributed by atoms with Crippen LogP contribution in [0.25, 0.3) is 0 Å². The van der Waals surface area contributed by atoms with Crippen molar-refractivity contribution in [3.8, 4) is 0 Å². The number of hydrogen-bond acceptors (Lipinski definition) is 3. The molecule has 0 aliphatic heterocycles. The van der Waals surface area contributed by atoms with Crippen LogP contribution in [0.3, 0.4) is 0 Å². The maximum Gasteiger partial charge on any atom is 0.417 e. The minimum Gasteiger partial charge on any atom is -0.466 e. The second kappa shape index (κ2) is 4.77. The van der Waals surface area contributed by atoms with Crippen LogP contribution in [-0.2, 0) is 6.18 Å². The summed E-state index contributed by atoms with van der Waals surface area (Å²) in [6, 6.07) is 0.796. The van der Waals surface area contributed by atoms with Crippen molar-refractivity contribution in [2.45, 2.75) is 26.9 Å². The average molecular weight is 283 g/mol. The summed E-state index contributed by atoms with van der Waals surface area (Å²) in [5, 5.41) is 0. The maximum absolute atomic E-state index is 12.9. The van der Waals surface area contributed by atoms with Gasteiger partial charge in [-0.15, -0.1) is 0 Å². The van der Waals surface area contributed by atoms with Crippen molar-refractivity contribution in [3.63, 3.8) is 0 Å². The van der Waals surface area contributed by atoms with E-state index in [1.807, 2.05) is 0 Å². The van der Waals surface area contributed by atoms with E-state index in [1.165, 1.54) is 0 Å². The largest absolute Gasteiger partial charge is 0.466 e. The molecule has 0 saturated heterocycles. The van der Waals surface area contributed by atoms with E-state index in [0.717, 1.165) is 18.5 Å². The lowest BCUT2D eigenvalue weighted by Crippen LogP contribution is -2.15. The van der Waals surface area contributed by atoms with E-state index >= 15 is 0 Å². The number of hydrogen-bond donors (Lipinski definition) is 0. The summed E-state index contributed by atoms with van der Waals surface area (Å²) in [6.07, 6.45) is -2.65. The van der Waals surface area contributed by atoms with Crippen molar-refractivity contribution in [3.05, 3.63) is 52.2 Å². The summed E-state index contributed by atoms with van der Waals surface area (Å²) in [5.41, 5.74) is -0.743. The van der Waals surface area contributed by atoms with Crippen LogP contribution in [0.5, 0.6) is 0 Å². The first-order valence-electron chi connectivity index (χ1n) is 5.86. The molecule has 0 aromatic carbocycles. The fourth-order valence-electron chi connectivity index (χ4n) is 2.08. The Morgan fingerprint density at radius 1 is 1.20 bits per heavy atom. The van der Waals surface area contributed by atoms with E-state index in [9.17, 15) is 18.0 Å². The van der Waals surface area contributed by atoms with Gasteiger partial charge in [-0.25, -0.2) is 0 Å². The number of aryl methyl sites for hydroxylation is 2. The summed E-state index contributed by atoms with van der Waals surface area (Å²) < 4.78 is 44.1. The highest BCUT2D eigenvalue weighted by Crippen LogP contribution is 2.33. The van der Waals surface area contributed by atoms with Crippen molar-refractivity contribution in [2.24, 2.45) is 0 Å². The fraction of sp³-hybridized carbons (Fsp3) is 0.286. The summed E-state index contributed by atoms with van der Waals surface area (Å²) >= 11 is 0. The Labute approximate surface area is 113 Å². The predicted octanol–water partition coefficient (Wildman–Crippen LogP) is 3.85. The van der Waals surface area contributed by atoms with Crippen LogP contribution in [0.15, 0.2) is 22.9 Å². The topological polar surface area (TPSA) is 43.1 Å². The van der Waals surface area contributed by atoms with Crippen molar-refractivity contribution in [1.29, 1.82) is 0 Å². The predicted molar refractivity (Wildman–Crippen MR) is 65.6 cm³/mol. The quantitative estimate of drug-likeness (QED) is 0.786. The number of rotatable bonds is 2. The first-order chi connectivity index (χ1) is 9.23. The second-order valence-electron chi connectivity index (χ2n) is 4.46. The van der Waals surface area contributed by atoms with Crippen LogP contribution in [0.4, 0.5) is 13.2 Å². The van der Waals surface area contributed by atoms with Gasteiger partial charge in [0, 0.05) is 18.0 Å². The maximum atomic E-state index is 12.9. The van der Waals surface area contributed by atoms with E-state index < -0.39 is 23.1 Å². The molecule has 0 spiro atoms. The molecular weight excluding hydrogens is 271 g/mol. The molecule has 2 heterocycles. The van der Waals surface area contributed by atoms with Gasteiger partial charge in [-0.05, 0) is 26.8 Å². The number of halogens is 3. The molecule has 0 saturated carbocycles. The smallest absolute Gasteiger partial charge is 0.417 e. The Morgan fingerprint density at radius 2 is 1.85 bits per heavy atom. The molecule has 0 bridgehead atoms. The molecule has 0 aliphatic rings. The number of carbonyl (C=O) groups excluding carboxylic acids is 1. The lowest BCUT2D eigenvalue weighted by molar-refractivity contribution is -0.137. The van der Waals surface area contributed by atoms with Gasteiger partial charge >= 0.3 is 6.18 Å². The molecule has 20 heavy (non-hydrogen) atoms. The molecule has 2 aromatic heterocycles. The Morgan fingerprint density at radius 3 is 2.35 bits per heavy atom. The minimum absolute atomic E-state index is 0.168.